The quantitative estimate of drug-likeness (QED) is 0.758. The van der Waals surface area contributed by atoms with E-state index in [0.717, 1.165) is 13.0 Å². The van der Waals surface area contributed by atoms with Crippen LogP contribution in [-0.4, -0.2) is 42.5 Å². The minimum atomic E-state index is -0.477. The standard InChI is InChI=1S/C6H15N.C5H10O2/c1-4-7(5-2)6-3;1-4-2-5(6)7-3-4/h4-6H2,1-3H3;4-6H,2-3H2,1H3. The van der Waals surface area contributed by atoms with Crippen LogP contribution in [0.3, 0.4) is 0 Å². The molecule has 86 valence electrons. The lowest BCUT2D eigenvalue weighted by atomic mass is 10.1. The molecule has 14 heavy (non-hydrogen) atoms. The van der Waals surface area contributed by atoms with Crippen molar-refractivity contribution in [3.8, 4) is 0 Å². The molecule has 0 amide bonds. The number of ether oxygens (including phenoxy) is 1. The van der Waals surface area contributed by atoms with Crippen LogP contribution in [-0.2, 0) is 4.74 Å². The van der Waals surface area contributed by atoms with E-state index in [1.807, 2.05) is 0 Å². The molecule has 0 aliphatic carbocycles. The fourth-order valence-corrected chi connectivity index (χ4v) is 1.43. The maximum atomic E-state index is 8.68. The molecule has 0 aromatic rings. The highest BCUT2D eigenvalue weighted by molar-refractivity contribution is 4.60. The molecule has 3 heteroatoms. The van der Waals surface area contributed by atoms with Crippen LogP contribution in [0.5, 0.6) is 0 Å². The lowest BCUT2D eigenvalue weighted by Crippen LogP contribution is -2.21. The van der Waals surface area contributed by atoms with Gasteiger partial charge in [-0.3, -0.25) is 0 Å². The van der Waals surface area contributed by atoms with E-state index in [-0.39, 0.29) is 0 Å². The SMILES string of the molecule is CC1COC(O)C1.CCN(CC)CC. The summed E-state index contributed by atoms with van der Waals surface area (Å²) in [4.78, 5) is 2.38. The van der Waals surface area contributed by atoms with Crippen LogP contribution < -0.4 is 0 Å². The fourth-order valence-electron chi connectivity index (χ4n) is 1.43. The van der Waals surface area contributed by atoms with Gasteiger partial charge in [-0.15, -0.1) is 0 Å². The molecule has 2 unspecified atom stereocenters. The summed E-state index contributed by atoms with van der Waals surface area (Å²) >= 11 is 0. The zero-order valence-corrected chi connectivity index (χ0v) is 9.99. The van der Waals surface area contributed by atoms with Crippen molar-refractivity contribution in [2.24, 2.45) is 5.92 Å². The van der Waals surface area contributed by atoms with Crippen molar-refractivity contribution in [3.63, 3.8) is 0 Å². The lowest BCUT2D eigenvalue weighted by molar-refractivity contribution is -0.0591. The van der Waals surface area contributed by atoms with Crippen molar-refractivity contribution in [3.05, 3.63) is 0 Å². The van der Waals surface area contributed by atoms with Crippen molar-refractivity contribution < 1.29 is 9.84 Å². The molecule has 0 radical (unpaired) electrons. The van der Waals surface area contributed by atoms with E-state index in [1.165, 1.54) is 19.6 Å². The van der Waals surface area contributed by atoms with Crippen LogP contribution in [0.4, 0.5) is 0 Å². The highest BCUT2D eigenvalue weighted by Crippen LogP contribution is 2.15. The Morgan fingerprint density at radius 3 is 1.79 bits per heavy atom. The number of hydrogen-bond donors (Lipinski definition) is 1. The van der Waals surface area contributed by atoms with E-state index in [2.05, 4.69) is 32.6 Å². The molecule has 0 saturated carbocycles. The molecule has 1 aliphatic rings. The van der Waals surface area contributed by atoms with Crippen molar-refractivity contribution in [2.45, 2.75) is 40.4 Å². The molecule has 1 heterocycles. The minimum Gasteiger partial charge on any atom is -0.368 e. The van der Waals surface area contributed by atoms with E-state index >= 15 is 0 Å². The molecular weight excluding hydrogens is 178 g/mol. The summed E-state index contributed by atoms with van der Waals surface area (Å²) < 4.78 is 4.82. The molecule has 0 spiro atoms. The summed E-state index contributed by atoms with van der Waals surface area (Å²) in [7, 11) is 0. The van der Waals surface area contributed by atoms with Crippen molar-refractivity contribution in [1.82, 2.24) is 4.90 Å². The first-order valence-corrected chi connectivity index (χ1v) is 5.65. The molecule has 0 bridgehead atoms. The second-order valence-electron chi connectivity index (χ2n) is 3.75. The summed E-state index contributed by atoms with van der Waals surface area (Å²) in [5.41, 5.74) is 0. The van der Waals surface area contributed by atoms with Gasteiger partial charge in [-0.25, -0.2) is 0 Å². The van der Waals surface area contributed by atoms with Crippen LogP contribution in [0.2, 0.25) is 0 Å². The molecule has 3 nitrogen and oxygen atoms in total. The smallest absolute Gasteiger partial charge is 0.154 e. The third-order valence-electron chi connectivity index (χ3n) is 2.52. The Balaban J connectivity index is 0.000000241. The zero-order chi connectivity index (χ0) is 11.0. The number of aliphatic hydroxyl groups excluding tert-OH is 1. The first kappa shape index (κ1) is 13.9. The van der Waals surface area contributed by atoms with Gasteiger partial charge in [0.05, 0.1) is 6.61 Å². The third kappa shape index (κ3) is 6.35. The Kier molecular flexibility index (Phi) is 8.14. The van der Waals surface area contributed by atoms with E-state index in [0.29, 0.717) is 5.92 Å². The van der Waals surface area contributed by atoms with E-state index < -0.39 is 6.29 Å². The number of rotatable bonds is 3. The van der Waals surface area contributed by atoms with Gasteiger partial charge in [0.1, 0.15) is 0 Å². The predicted molar refractivity (Wildman–Crippen MR) is 59.2 cm³/mol. The van der Waals surface area contributed by atoms with Crippen molar-refractivity contribution in [2.75, 3.05) is 26.2 Å². The second kappa shape index (κ2) is 8.21. The molecule has 0 aromatic heterocycles. The maximum absolute atomic E-state index is 8.68. The number of hydrogen-bond acceptors (Lipinski definition) is 3. The summed E-state index contributed by atoms with van der Waals surface area (Å²) in [6.45, 7) is 12.9. The topological polar surface area (TPSA) is 32.7 Å². The highest BCUT2D eigenvalue weighted by atomic mass is 16.6. The Hall–Kier alpha value is -0.120. The Bertz CT molecular complexity index is 113. The number of nitrogens with zero attached hydrogens (tertiary/aromatic N) is 1. The monoisotopic (exact) mass is 203 g/mol. The molecule has 1 saturated heterocycles. The first-order chi connectivity index (χ1) is 6.63. The van der Waals surface area contributed by atoms with Gasteiger partial charge in [0.2, 0.25) is 0 Å². The molecular formula is C11H25NO2. The molecule has 0 aromatic carbocycles. The van der Waals surface area contributed by atoms with E-state index in [4.69, 9.17) is 9.84 Å². The Morgan fingerprint density at radius 1 is 1.21 bits per heavy atom. The molecule has 1 N–H and O–H groups in total. The van der Waals surface area contributed by atoms with Crippen LogP contribution in [0, 0.1) is 5.92 Å². The molecule has 1 fully saturated rings. The van der Waals surface area contributed by atoms with Gasteiger partial charge in [0.15, 0.2) is 6.29 Å². The summed E-state index contributed by atoms with van der Waals surface area (Å²) in [5, 5.41) is 8.68. The van der Waals surface area contributed by atoms with Gasteiger partial charge < -0.3 is 14.7 Å². The van der Waals surface area contributed by atoms with Crippen LogP contribution in [0.15, 0.2) is 0 Å². The largest absolute Gasteiger partial charge is 0.368 e. The van der Waals surface area contributed by atoms with Crippen molar-refractivity contribution in [1.29, 1.82) is 0 Å². The second-order valence-corrected chi connectivity index (χ2v) is 3.75. The predicted octanol–water partition coefficient (Wildman–Crippen LogP) is 1.71. The van der Waals surface area contributed by atoms with Gasteiger partial charge in [-0.2, -0.15) is 0 Å². The summed E-state index contributed by atoms with van der Waals surface area (Å²) in [6.07, 6.45) is 0.329. The highest BCUT2D eigenvalue weighted by Gasteiger charge is 2.18. The third-order valence-corrected chi connectivity index (χ3v) is 2.52. The number of aliphatic hydroxyl groups is 1. The van der Waals surface area contributed by atoms with Crippen molar-refractivity contribution >= 4 is 0 Å². The fraction of sp³-hybridized carbons (Fsp3) is 1.00. The molecule has 1 rings (SSSR count). The molecule has 2 atom stereocenters. The normalized spacial score (nSPS) is 26.1. The molecule has 1 aliphatic heterocycles. The van der Waals surface area contributed by atoms with Crippen LogP contribution in [0.25, 0.3) is 0 Å². The zero-order valence-electron chi connectivity index (χ0n) is 9.99. The Labute approximate surface area is 88.1 Å². The van der Waals surface area contributed by atoms with Gasteiger partial charge in [-0.1, -0.05) is 27.7 Å². The van der Waals surface area contributed by atoms with Gasteiger partial charge in [0, 0.05) is 6.42 Å². The van der Waals surface area contributed by atoms with Crippen LogP contribution >= 0.6 is 0 Å². The van der Waals surface area contributed by atoms with Crippen LogP contribution in [0.1, 0.15) is 34.1 Å². The van der Waals surface area contributed by atoms with Gasteiger partial charge >= 0.3 is 0 Å². The summed E-state index contributed by atoms with van der Waals surface area (Å²) in [5.74, 6) is 0.551. The van der Waals surface area contributed by atoms with E-state index in [9.17, 15) is 0 Å². The Morgan fingerprint density at radius 2 is 1.71 bits per heavy atom. The average molecular weight is 203 g/mol. The van der Waals surface area contributed by atoms with E-state index in [1.54, 1.807) is 0 Å². The average Bonchev–Trinajstić information content (AvgIpc) is 2.54. The van der Waals surface area contributed by atoms with Gasteiger partial charge in [-0.05, 0) is 25.6 Å². The lowest BCUT2D eigenvalue weighted by Gasteiger charge is -2.13. The maximum Gasteiger partial charge on any atom is 0.154 e. The summed E-state index contributed by atoms with van der Waals surface area (Å²) in [6, 6.07) is 0. The van der Waals surface area contributed by atoms with Gasteiger partial charge in [0.25, 0.3) is 0 Å². The minimum absolute atomic E-state index is 0.477. The first-order valence-electron chi connectivity index (χ1n) is 5.65.